The number of nitrogens with zero attached hydrogens (tertiary/aromatic N) is 1. The van der Waals surface area contributed by atoms with E-state index in [0.29, 0.717) is 12.1 Å². The smallest absolute Gasteiger partial charge is 0.0630 e. The van der Waals surface area contributed by atoms with Crippen LogP contribution in [0.5, 0.6) is 0 Å². The van der Waals surface area contributed by atoms with Crippen LogP contribution in [0, 0.1) is 5.92 Å². The normalized spacial score (nSPS) is 35.9. The highest BCUT2D eigenvalue weighted by Crippen LogP contribution is 2.21. The summed E-state index contributed by atoms with van der Waals surface area (Å²) in [5.41, 5.74) is 1.34. The van der Waals surface area contributed by atoms with Crippen molar-refractivity contribution in [2.75, 3.05) is 32.8 Å². The molecule has 0 aromatic carbocycles. The molecule has 0 radical (unpaired) electrons. The van der Waals surface area contributed by atoms with E-state index in [1.807, 2.05) is 0 Å². The number of hydrogen-bond donors (Lipinski definition) is 1. The Morgan fingerprint density at radius 1 is 1.43 bits per heavy atom. The van der Waals surface area contributed by atoms with Gasteiger partial charge >= 0.3 is 0 Å². The van der Waals surface area contributed by atoms with Gasteiger partial charge in [0.1, 0.15) is 0 Å². The first kappa shape index (κ1) is 10.1. The van der Waals surface area contributed by atoms with E-state index >= 15 is 0 Å². The van der Waals surface area contributed by atoms with Gasteiger partial charge in [-0.25, -0.2) is 0 Å². The summed E-state index contributed by atoms with van der Waals surface area (Å²) in [6.45, 7) is 11.2. The Morgan fingerprint density at radius 3 is 2.79 bits per heavy atom. The zero-order valence-corrected chi connectivity index (χ0v) is 8.96. The van der Waals surface area contributed by atoms with Gasteiger partial charge in [-0.2, -0.15) is 0 Å². The molecule has 1 N–H and O–H groups in total. The second kappa shape index (κ2) is 4.43. The van der Waals surface area contributed by atoms with E-state index < -0.39 is 0 Å². The van der Waals surface area contributed by atoms with Crippen molar-refractivity contribution >= 4 is 0 Å². The molecule has 0 saturated carbocycles. The molecule has 0 aromatic rings. The SMILES string of the molecule is C=C1CNC(N2CCOCC2)C(C)C1. The minimum atomic E-state index is 0.532. The molecule has 0 bridgehead atoms. The standard InChI is InChI=1S/C11H20N2O/c1-9-7-10(2)11(12-8-9)13-3-5-14-6-4-13/h10-12H,1,3-8H2,2H3. The van der Waals surface area contributed by atoms with Crippen LogP contribution >= 0.6 is 0 Å². The number of hydrogen-bond acceptors (Lipinski definition) is 3. The van der Waals surface area contributed by atoms with Crippen molar-refractivity contribution in [1.82, 2.24) is 10.2 Å². The number of piperidine rings is 1. The van der Waals surface area contributed by atoms with Gasteiger partial charge in [-0.1, -0.05) is 19.1 Å². The third-order valence-corrected chi connectivity index (χ3v) is 3.15. The van der Waals surface area contributed by atoms with Crippen molar-refractivity contribution < 1.29 is 4.74 Å². The molecule has 0 spiro atoms. The van der Waals surface area contributed by atoms with Crippen LogP contribution in [-0.4, -0.2) is 43.9 Å². The molecule has 2 heterocycles. The summed E-state index contributed by atoms with van der Waals surface area (Å²) in [6, 6.07) is 0. The monoisotopic (exact) mass is 196 g/mol. The third kappa shape index (κ3) is 2.16. The molecule has 3 heteroatoms. The number of rotatable bonds is 1. The van der Waals surface area contributed by atoms with Gasteiger partial charge in [0.25, 0.3) is 0 Å². The minimum absolute atomic E-state index is 0.532. The first-order chi connectivity index (χ1) is 6.77. The van der Waals surface area contributed by atoms with Gasteiger partial charge in [0.05, 0.1) is 19.4 Å². The molecule has 2 atom stereocenters. The summed E-state index contributed by atoms with van der Waals surface area (Å²) < 4.78 is 5.36. The Balaban J connectivity index is 1.92. The third-order valence-electron chi connectivity index (χ3n) is 3.15. The van der Waals surface area contributed by atoms with Crippen molar-refractivity contribution in [3.63, 3.8) is 0 Å². The summed E-state index contributed by atoms with van der Waals surface area (Å²) in [5.74, 6) is 0.675. The molecule has 0 amide bonds. The molecule has 80 valence electrons. The highest BCUT2D eigenvalue weighted by molar-refractivity contribution is 5.04. The zero-order valence-electron chi connectivity index (χ0n) is 8.96. The lowest BCUT2D eigenvalue weighted by Crippen LogP contribution is -2.56. The molecule has 2 unspecified atom stereocenters. The summed E-state index contributed by atoms with van der Waals surface area (Å²) in [6.07, 6.45) is 1.69. The van der Waals surface area contributed by atoms with Crippen LogP contribution in [0.3, 0.4) is 0 Å². The first-order valence-corrected chi connectivity index (χ1v) is 5.49. The van der Waals surface area contributed by atoms with E-state index in [4.69, 9.17) is 4.74 Å². The average Bonchev–Trinajstić information content (AvgIpc) is 2.19. The van der Waals surface area contributed by atoms with Crippen molar-refractivity contribution in [3.05, 3.63) is 12.2 Å². The average molecular weight is 196 g/mol. The highest BCUT2D eigenvalue weighted by Gasteiger charge is 2.28. The Kier molecular flexibility index (Phi) is 3.21. The predicted octanol–water partition coefficient (Wildman–Crippen LogP) is 0.830. The largest absolute Gasteiger partial charge is 0.379 e. The van der Waals surface area contributed by atoms with Gasteiger partial charge in [-0.15, -0.1) is 0 Å². The number of morpholine rings is 1. The van der Waals surface area contributed by atoms with Gasteiger partial charge in [-0.3, -0.25) is 10.2 Å². The molecule has 0 aliphatic carbocycles. The number of ether oxygens (including phenoxy) is 1. The van der Waals surface area contributed by atoms with E-state index in [-0.39, 0.29) is 0 Å². The van der Waals surface area contributed by atoms with Gasteiger partial charge in [0.2, 0.25) is 0 Å². The second-order valence-corrected chi connectivity index (χ2v) is 4.41. The molecule has 14 heavy (non-hydrogen) atoms. The van der Waals surface area contributed by atoms with Crippen LogP contribution in [0.1, 0.15) is 13.3 Å². The number of nitrogens with one attached hydrogen (secondary N) is 1. The molecule has 2 aliphatic rings. The zero-order chi connectivity index (χ0) is 9.97. The molecular weight excluding hydrogens is 176 g/mol. The molecule has 2 saturated heterocycles. The molecule has 2 fully saturated rings. The van der Waals surface area contributed by atoms with Crippen molar-refractivity contribution in [3.8, 4) is 0 Å². The molecule has 2 aliphatic heterocycles. The van der Waals surface area contributed by atoms with E-state index in [9.17, 15) is 0 Å². The quantitative estimate of drug-likeness (QED) is 0.629. The maximum absolute atomic E-state index is 5.36. The second-order valence-electron chi connectivity index (χ2n) is 4.41. The fourth-order valence-electron chi connectivity index (χ4n) is 2.43. The van der Waals surface area contributed by atoms with Crippen LogP contribution < -0.4 is 5.32 Å². The summed E-state index contributed by atoms with van der Waals surface area (Å²) in [4.78, 5) is 2.50. The fraction of sp³-hybridized carbons (Fsp3) is 0.818. The van der Waals surface area contributed by atoms with E-state index in [1.165, 1.54) is 5.57 Å². The van der Waals surface area contributed by atoms with Crippen LogP contribution in [0.25, 0.3) is 0 Å². The van der Waals surface area contributed by atoms with Crippen LogP contribution in [0.4, 0.5) is 0 Å². The van der Waals surface area contributed by atoms with Gasteiger partial charge < -0.3 is 4.74 Å². The van der Waals surface area contributed by atoms with E-state index in [1.54, 1.807) is 0 Å². The van der Waals surface area contributed by atoms with Gasteiger partial charge in [-0.05, 0) is 12.3 Å². The molecule has 2 rings (SSSR count). The van der Waals surface area contributed by atoms with E-state index in [0.717, 1.165) is 39.3 Å². The van der Waals surface area contributed by atoms with Gasteiger partial charge in [0.15, 0.2) is 0 Å². The maximum Gasteiger partial charge on any atom is 0.0630 e. The molecular formula is C11H20N2O. The lowest BCUT2D eigenvalue weighted by Gasteiger charge is -2.41. The van der Waals surface area contributed by atoms with Gasteiger partial charge in [0, 0.05) is 19.6 Å². The highest BCUT2D eigenvalue weighted by atomic mass is 16.5. The Bertz CT molecular complexity index is 211. The first-order valence-electron chi connectivity index (χ1n) is 5.49. The fourth-order valence-corrected chi connectivity index (χ4v) is 2.43. The lowest BCUT2D eigenvalue weighted by atomic mass is 9.94. The van der Waals surface area contributed by atoms with E-state index in [2.05, 4.69) is 23.7 Å². The van der Waals surface area contributed by atoms with Crippen molar-refractivity contribution in [1.29, 1.82) is 0 Å². The summed E-state index contributed by atoms with van der Waals surface area (Å²) in [7, 11) is 0. The summed E-state index contributed by atoms with van der Waals surface area (Å²) >= 11 is 0. The molecule has 0 aromatic heterocycles. The van der Waals surface area contributed by atoms with Crippen molar-refractivity contribution in [2.45, 2.75) is 19.5 Å². The topological polar surface area (TPSA) is 24.5 Å². The predicted molar refractivity (Wildman–Crippen MR) is 57.1 cm³/mol. The Labute approximate surface area is 86.1 Å². The maximum atomic E-state index is 5.36. The summed E-state index contributed by atoms with van der Waals surface area (Å²) in [5, 5.41) is 3.56. The Hall–Kier alpha value is -0.380. The minimum Gasteiger partial charge on any atom is -0.379 e. The Morgan fingerprint density at radius 2 is 2.14 bits per heavy atom. The van der Waals surface area contributed by atoms with Crippen LogP contribution in [-0.2, 0) is 4.74 Å². The van der Waals surface area contributed by atoms with Crippen molar-refractivity contribution in [2.24, 2.45) is 5.92 Å². The van der Waals surface area contributed by atoms with Crippen LogP contribution in [0.15, 0.2) is 12.2 Å². The lowest BCUT2D eigenvalue weighted by molar-refractivity contribution is -0.00783. The van der Waals surface area contributed by atoms with Crippen LogP contribution in [0.2, 0.25) is 0 Å². The molecule has 3 nitrogen and oxygen atoms in total.